The largest absolute Gasteiger partial charge is 0.496 e. The lowest BCUT2D eigenvalue weighted by molar-refractivity contribution is 0.0735. The van der Waals surface area contributed by atoms with E-state index in [2.05, 4.69) is 0 Å². The van der Waals surface area contributed by atoms with Crippen molar-refractivity contribution >= 4 is 17.4 Å². The summed E-state index contributed by atoms with van der Waals surface area (Å²) in [6, 6.07) is 15.8. The summed E-state index contributed by atoms with van der Waals surface area (Å²) in [5, 5.41) is 9.38. The quantitative estimate of drug-likeness (QED) is 0.679. The number of carbonyl (C=O) groups excluding carboxylic acids is 1. The molecule has 0 aliphatic heterocycles. The van der Waals surface area contributed by atoms with Gasteiger partial charge >= 0.3 is 0 Å². The number of alkyl halides is 1. The number of ketones is 1. The molecular weight excluding hydrogens is 276 g/mol. The van der Waals surface area contributed by atoms with Gasteiger partial charge in [-0.05, 0) is 17.7 Å². The van der Waals surface area contributed by atoms with E-state index >= 15 is 0 Å². The minimum Gasteiger partial charge on any atom is -0.496 e. The normalized spacial score (nSPS) is 13.6. The predicted molar refractivity (Wildman–Crippen MR) is 78.4 cm³/mol. The van der Waals surface area contributed by atoms with Crippen LogP contribution in [-0.4, -0.2) is 24.1 Å². The van der Waals surface area contributed by atoms with Crippen LogP contribution in [0.1, 0.15) is 21.3 Å². The van der Waals surface area contributed by atoms with Gasteiger partial charge in [-0.2, -0.15) is 0 Å². The van der Waals surface area contributed by atoms with E-state index in [4.69, 9.17) is 16.3 Å². The van der Waals surface area contributed by atoms with Crippen LogP contribution in [0.4, 0.5) is 0 Å². The van der Waals surface area contributed by atoms with Crippen molar-refractivity contribution in [2.24, 2.45) is 0 Å². The molecule has 0 saturated carbocycles. The van der Waals surface area contributed by atoms with E-state index in [-0.39, 0.29) is 0 Å². The summed E-state index contributed by atoms with van der Waals surface area (Å²) in [6.07, 6.45) is -1.32. The molecule has 2 aromatic carbocycles. The Morgan fingerprint density at radius 2 is 1.70 bits per heavy atom. The zero-order valence-corrected chi connectivity index (χ0v) is 11.7. The second kappa shape index (κ2) is 6.55. The molecule has 4 heteroatoms. The number of rotatable bonds is 5. The minimum atomic E-state index is -1.32. The van der Waals surface area contributed by atoms with Crippen LogP contribution < -0.4 is 4.74 Å². The molecule has 0 aliphatic carbocycles. The molecule has 2 rings (SSSR count). The Hall–Kier alpha value is -1.84. The average Bonchev–Trinajstić information content (AvgIpc) is 2.53. The van der Waals surface area contributed by atoms with Crippen molar-refractivity contribution in [3.05, 3.63) is 65.7 Å². The third-order valence-corrected chi connectivity index (χ3v) is 3.53. The summed E-state index contributed by atoms with van der Waals surface area (Å²) >= 11 is 6.19. The van der Waals surface area contributed by atoms with Gasteiger partial charge in [-0.25, -0.2) is 0 Å². The summed E-state index contributed by atoms with van der Waals surface area (Å²) in [5.41, 5.74) is 1.02. The van der Waals surface area contributed by atoms with Crippen molar-refractivity contribution in [3.8, 4) is 5.75 Å². The fourth-order valence-electron chi connectivity index (χ4n) is 1.96. The lowest BCUT2D eigenvalue weighted by Gasteiger charge is -2.17. The summed E-state index contributed by atoms with van der Waals surface area (Å²) in [5.74, 6) is -0.0280. The van der Waals surface area contributed by atoms with E-state index in [1.807, 2.05) is 18.2 Å². The predicted octanol–water partition coefficient (Wildman–Crippen LogP) is 3.22. The van der Waals surface area contributed by atoms with Gasteiger partial charge in [0, 0.05) is 0 Å². The van der Waals surface area contributed by atoms with Crippen LogP contribution >= 0.6 is 11.6 Å². The molecular formula is C16H15ClO3. The van der Waals surface area contributed by atoms with Gasteiger partial charge in [-0.15, -0.1) is 11.6 Å². The van der Waals surface area contributed by atoms with Crippen LogP contribution in [0.15, 0.2) is 54.6 Å². The monoisotopic (exact) mass is 290 g/mol. The van der Waals surface area contributed by atoms with E-state index in [1.165, 1.54) is 7.11 Å². The number of carbonyl (C=O) groups is 1. The second-order valence-corrected chi connectivity index (χ2v) is 4.79. The fourth-order valence-corrected chi connectivity index (χ4v) is 2.22. The number of aliphatic hydroxyl groups excluding tert-OH is 1. The van der Waals surface area contributed by atoms with E-state index < -0.39 is 17.3 Å². The molecule has 0 spiro atoms. The highest BCUT2D eigenvalue weighted by molar-refractivity contribution is 6.23. The van der Waals surface area contributed by atoms with Gasteiger partial charge in [0.15, 0.2) is 5.78 Å². The number of methoxy groups -OCH3 is 1. The molecule has 0 bridgehead atoms. The average molecular weight is 291 g/mol. The van der Waals surface area contributed by atoms with Gasteiger partial charge in [0.1, 0.15) is 11.9 Å². The molecule has 2 atom stereocenters. The molecule has 0 radical (unpaired) electrons. The highest BCUT2D eigenvalue weighted by Crippen LogP contribution is 2.28. The maximum Gasteiger partial charge on any atom is 0.196 e. The van der Waals surface area contributed by atoms with E-state index in [0.717, 1.165) is 0 Å². The van der Waals surface area contributed by atoms with Crippen molar-refractivity contribution in [3.63, 3.8) is 0 Å². The standard InChI is InChI=1S/C16H15ClO3/c1-20-13-10-6-5-9-12(13)15(18)16(19)14(17)11-7-3-2-4-8-11/h2-10,14,16,19H,1H3/t14-,16+/m0/s1. The van der Waals surface area contributed by atoms with Crippen molar-refractivity contribution in [2.75, 3.05) is 7.11 Å². The third kappa shape index (κ3) is 3.00. The maximum atomic E-state index is 12.3. The highest BCUT2D eigenvalue weighted by atomic mass is 35.5. The Morgan fingerprint density at radius 3 is 2.35 bits per heavy atom. The number of ether oxygens (including phenoxy) is 1. The highest BCUT2D eigenvalue weighted by Gasteiger charge is 2.28. The Balaban J connectivity index is 2.24. The van der Waals surface area contributed by atoms with E-state index in [9.17, 15) is 9.90 Å². The Labute approximate surface area is 122 Å². The summed E-state index contributed by atoms with van der Waals surface area (Å²) < 4.78 is 5.13. The lowest BCUT2D eigenvalue weighted by Crippen LogP contribution is -2.25. The first-order chi connectivity index (χ1) is 9.65. The third-order valence-electron chi connectivity index (χ3n) is 3.04. The topological polar surface area (TPSA) is 46.5 Å². The Bertz CT molecular complexity index is 583. The van der Waals surface area contributed by atoms with Crippen molar-refractivity contribution < 1.29 is 14.6 Å². The fraction of sp³-hybridized carbons (Fsp3) is 0.188. The second-order valence-electron chi connectivity index (χ2n) is 4.32. The first-order valence-corrected chi connectivity index (χ1v) is 6.63. The number of aliphatic hydroxyl groups is 1. The Morgan fingerprint density at radius 1 is 1.10 bits per heavy atom. The first-order valence-electron chi connectivity index (χ1n) is 6.19. The van der Waals surface area contributed by atoms with Crippen LogP contribution in [0.25, 0.3) is 0 Å². The molecule has 0 heterocycles. The number of benzene rings is 2. The van der Waals surface area contributed by atoms with Gasteiger partial charge in [-0.1, -0.05) is 42.5 Å². The van der Waals surface area contributed by atoms with Gasteiger partial charge in [0.25, 0.3) is 0 Å². The molecule has 3 nitrogen and oxygen atoms in total. The zero-order valence-electron chi connectivity index (χ0n) is 11.0. The van der Waals surface area contributed by atoms with Crippen molar-refractivity contribution in [1.29, 1.82) is 0 Å². The van der Waals surface area contributed by atoms with Gasteiger partial charge in [0.05, 0.1) is 18.1 Å². The first kappa shape index (κ1) is 14.6. The molecule has 1 N–H and O–H groups in total. The lowest BCUT2D eigenvalue weighted by atomic mass is 9.99. The zero-order chi connectivity index (χ0) is 14.5. The molecule has 0 saturated heterocycles. The molecule has 2 aromatic rings. The van der Waals surface area contributed by atoms with E-state index in [0.29, 0.717) is 16.9 Å². The maximum absolute atomic E-state index is 12.3. The molecule has 0 aliphatic rings. The van der Waals surface area contributed by atoms with Crippen LogP contribution in [0.5, 0.6) is 5.75 Å². The smallest absolute Gasteiger partial charge is 0.196 e. The molecule has 20 heavy (non-hydrogen) atoms. The van der Waals surface area contributed by atoms with Crippen LogP contribution in [0.2, 0.25) is 0 Å². The number of halogens is 1. The summed E-state index contributed by atoms with van der Waals surface area (Å²) in [7, 11) is 1.48. The van der Waals surface area contributed by atoms with Crippen LogP contribution in [-0.2, 0) is 0 Å². The summed E-state index contributed by atoms with van der Waals surface area (Å²) in [6.45, 7) is 0. The molecule has 0 aromatic heterocycles. The molecule has 0 fully saturated rings. The molecule has 0 unspecified atom stereocenters. The van der Waals surface area contributed by atoms with Gasteiger partial charge in [-0.3, -0.25) is 4.79 Å². The summed E-state index contributed by atoms with van der Waals surface area (Å²) in [4.78, 5) is 12.3. The van der Waals surface area contributed by atoms with E-state index in [1.54, 1.807) is 36.4 Å². The number of para-hydroxylation sites is 1. The van der Waals surface area contributed by atoms with Gasteiger partial charge < -0.3 is 9.84 Å². The SMILES string of the molecule is COc1ccccc1C(=O)[C@H](O)[C@@H](Cl)c1ccccc1. The molecule has 104 valence electrons. The number of hydrogen-bond donors (Lipinski definition) is 1. The Kier molecular flexibility index (Phi) is 4.77. The van der Waals surface area contributed by atoms with Crippen molar-refractivity contribution in [2.45, 2.75) is 11.5 Å². The number of hydrogen-bond acceptors (Lipinski definition) is 3. The van der Waals surface area contributed by atoms with Crippen molar-refractivity contribution in [1.82, 2.24) is 0 Å². The minimum absolute atomic E-state index is 0.323. The molecule has 0 amide bonds. The van der Waals surface area contributed by atoms with Crippen LogP contribution in [0.3, 0.4) is 0 Å². The van der Waals surface area contributed by atoms with Crippen LogP contribution in [0, 0.1) is 0 Å². The van der Waals surface area contributed by atoms with Gasteiger partial charge in [0.2, 0.25) is 0 Å². The number of Topliss-reactive ketones (excluding diaryl/α,β-unsaturated/α-hetero) is 1.